The van der Waals surface area contributed by atoms with E-state index in [1.165, 1.54) is 38.1 Å². The summed E-state index contributed by atoms with van der Waals surface area (Å²) in [4.78, 5) is 7.10. The molecule has 8 aromatic carbocycles. The van der Waals surface area contributed by atoms with Gasteiger partial charge < -0.3 is 9.32 Å². The Morgan fingerprint density at radius 3 is 1.70 bits per heavy atom. The molecule has 0 radical (unpaired) electrons. The third-order valence-corrected chi connectivity index (χ3v) is 9.87. The molecule has 0 amide bonds. The van der Waals surface area contributed by atoms with Gasteiger partial charge in [0.2, 0.25) is 5.71 Å². The second-order valence-electron chi connectivity index (χ2n) is 12.8. The summed E-state index contributed by atoms with van der Waals surface area (Å²) in [6.07, 6.45) is 1.86. The van der Waals surface area contributed by atoms with Crippen LogP contribution in [0.5, 0.6) is 0 Å². The molecule has 0 aliphatic carbocycles. The molecule has 0 bridgehead atoms. The van der Waals surface area contributed by atoms with E-state index in [1.807, 2.05) is 6.20 Å². The molecule has 10 rings (SSSR count). The first-order chi connectivity index (χ1) is 24.8. The maximum Gasteiger partial charge on any atom is 0.229 e. The average molecular weight is 639 g/mol. The molecule has 2 aromatic heterocycles. The Bertz CT molecular complexity index is 2890. The Balaban J connectivity index is 1.20. The summed E-state index contributed by atoms with van der Waals surface area (Å²) in [7, 11) is 0. The maximum atomic E-state index is 6.46. The van der Waals surface area contributed by atoms with Crippen LogP contribution in [-0.2, 0) is 0 Å². The Morgan fingerprint density at radius 1 is 0.420 bits per heavy atom. The van der Waals surface area contributed by atoms with E-state index >= 15 is 0 Å². The third-order valence-electron chi connectivity index (χ3n) is 9.87. The number of fused-ring (bicyclic) bond motifs is 6. The van der Waals surface area contributed by atoms with Gasteiger partial charge in [0.1, 0.15) is 5.58 Å². The molecule has 50 heavy (non-hydrogen) atoms. The molecule has 0 fully saturated rings. The number of anilines is 3. The quantitative estimate of drug-likeness (QED) is 0.188. The summed E-state index contributed by atoms with van der Waals surface area (Å²) in [5.41, 5.74) is 9.23. The molecule has 0 saturated heterocycles. The van der Waals surface area contributed by atoms with E-state index in [0.29, 0.717) is 5.71 Å². The van der Waals surface area contributed by atoms with Gasteiger partial charge in [-0.2, -0.15) is 0 Å². The average Bonchev–Trinajstić information content (AvgIpc) is 3.55. The minimum atomic E-state index is 0.619. The van der Waals surface area contributed by atoms with Gasteiger partial charge in [-0.25, -0.2) is 4.98 Å². The van der Waals surface area contributed by atoms with E-state index in [2.05, 4.69) is 181 Å². The van der Waals surface area contributed by atoms with Crippen LogP contribution in [0.25, 0.3) is 76.6 Å². The van der Waals surface area contributed by atoms with Crippen molar-refractivity contribution in [2.45, 2.75) is 0 Å². The molecule has 234 valence electrons. The van der Waals surface area contributed by atoms with Crippen molar-refractivity contribution in [2.75, 3.05) is 4.90 Å². The van der Waals surface area contributed by atoms with E-state index in [4.69, 9.17) is 9.40 Å². The van der Waals surface area contributed by atoms with Crippen molar-refractivity contribution in [1.82, 2.24) is 4.98 Å². The van der Waals surface area contributed by atoms with Crippen molar-refractivity contribution in [3.63, 3.8) is 0 Å². The van der Waals surface area contributed by atoms with E-state index in [0.717, 1.165) is 49.9 Å². The van der Waals surface area contributed by atoms with Crippen LogP contribution in [0.2, 0.25) is 0 Å². The number of benzene rings is 8. The number of aromatic nitrogens is 1. The van der Waals surface area contributed by atoms with Gasteiger partial charge in [-0.15, -0.1) is 0 Å². The Kier molecular flexibility index (Phi) is 6.49. The zero-order valence-electron chi connectivity index (χ0n) is 27.1. The number of para-hydroxylation sites is 1. The number of pyridine rings is 1. The second-order valence-corrected chi connectivity index (χ2v) is 12.8. The smallest absolute Gasteiger partial charge is 0.229 e. The minimum absolute atomic E-state index is 0.619. The number of furan rings is 1. The van der Waals surface area contributed by atoms with Crippen LogP contribution >= 0.6 is 0 Å². The summed E-state index contributed by atoms with van der Waals surface area (Å²) >= 11 is 0. The summed E-state index contributed by atoms with van der Waals surface area (Å²) in [6.45, 7) is 0. The van der Waals surface area contributed by atoms with Crippen LogP contribution in [0, 0.1) is 0 Å². The van der Waals surface area contributed by atoms with Gasteiger partial charge in [0.25, 0.3) is 0 Å². The Morgan fingerprint density at radius 2 is 0.980 bits per heavy atom. The summed E-state index contributed by atoms with van der Waals surface area (Å²) in [6, 6.07) is 62.9. The highest BCUT2D eigenvalue weighted by Gasteiger charge is 2.23. The molecule has 0 aliphatic rings. The predicted octanol–water partition coefficient (Wildman–Crippen LogP) is 13.2. The van der Waals surface area contributed by atoms with E-state index in [-0.39, 0.29) is 0 Å². The fraction of sp³-hybridized carbons (Fsp3) is 0. The van der Waals surface area contributed by atoms with Gasteiger partial charge >= 0.3 is 0 Å². The third kappa shape index (κ3) is 4.71. The van der Waals surface area contributed by atoms with Crippen molar-refractivity contribution < 1.29 is 4.42 Å². The highest BCUT2D eigenvalue weighted by molar-refractivity contribution is 6.15. The molecule has 0 aliphatic heterocycles. The monoisotopic (exact) mass is 638 g/mol. The SMILES string of the molecule is c1ccc(N(c2ccc(-c3ccc4ccccc4c3)cc2)c2ccnc3oc4cc5ccccc5cc4c23)c(-c2ccc3ccccc3c2)c1. The normalized spacial score (nSPS) is 11.6. The van der Waals surface area contributed by atoms with Gasteiger partial charge in [0, 0.05) is 22.8 Å². The minimum Gasteiger partial charge on any atom is -0.438 e. The van der Waals surface area contributed by atoms with Crippen molar-refractivity contribution in [2.24, 2.45) is 0 Å². The van der Waals surface area contributed by atoms with E-state index in [9.17, 15) is 0 Å². The summed E-state index contributed by atoms with van der Waals surface area (Å²) in [5, 5.41) is 9.25. The standard InChI is InChI=1S/C47H30N2O/c1-3-11-34-27-38(19-17-31(34)9-1)33-21-23-40(24-22-33)49(43-16-8-7-15-41(43)39-20-18-32-10-2-4-12-35(32)28-39)44-25-26-48-47-46(44)42-29-36-13-5-6-14-37(36)30-45(42)50-47/h1-30H. The fourth-order valence-corrected chi connectivity index (χ4v) is 7.40. The highest BCUT2D eigenvalue weighted by Crippen LogP contribution is 2.46. The van der Waals surface area contributed by atoms with Gasteiger partial charge in [0.05, 0.1) is 16.8 Å². The van der Waals surface area contributed by atoms with Crippen molar-refractivity contribution in [3.05, 3.63) is 182 Å². The zero-order valence-corrected chi connectivity index (χ0v) is 27.1. The lowest BCUT2D eigenvalue weighted by Crippen LogP contribution is -2.11. The summed E-state index contributed by atoms with van der Waals surface area (Å²) < 4.78 is 6.46. The van der Waals surface area contributed by atoms with Gasteiger partial charge in [-0.05, 0) is 97.5 Å². The predicted molar refractivity (Wildman–Crippen MR) is 210 cm³/mol. The second kappa shape index (κ2) is 11.5. The maximum absolute atomic E-state index is 6.46. The molecule has 10 aromatic rings. The van der Waals surface area contributed by atoms with Gasteiger partial charge in [-0.1, -0.05) is 127 Å². The fourth-order valence-electron chi connectivity index (χ4n) is 7.40. The first kappa shape index (κ1) is 28.3. The molecule has 0 spiro atoms. The number of rotatable bonds is 5. The molecule has 0 atom stereocenters. The zero-order chi connectivity index (χ0) is 33.0. The number of nitrogens with zero attached hydrogens (tertiary/aromatic N) is 2. The van der Waals surface area contributed by atoms with Crippen molar-refractivity contribution >= 4 is 71.4 Å². The largest absolute Gasteiger partial charge is 0.438 e. The topological polar surface area (TPSA) is 29.3 Å². The molecular weight excluding hydrogens is 609 g/mol. The lowest BCUT2D eigenvalue weighted by molar-refractivity contribution is 0.654. The van der Waals surface area contributed by atoms with Crippen LogP contribution in [0.4, 0.5) is 17.1 Å². The molecule has 3 nitrogen and oxygen atoms in total. The molecule has 3 heteroatoms. The molecule has 2 heterocycles. The lowest BCUT2D eigenvalue weighted by atomic mass is 9.98. The number of hydrogen-bond acceptors (Lipinski definition) is 3. The lowest BCUT2D eigenvalue weighted by Gasteiger charge is -2.28. The van der Waals surface area contributed by atoms with E-state index in [1.54, 1.807) is 0 Å². The highest BCUT2D eigenvalue weighted by atomic mass is 16.3. The first-order valence-corrected chi connectivity index (χ1v) is 16.9. The van der Waals surface area contributed by atoms with Gasteiger partial charge in [-0.3, -0.25) is 0 Å². The Hall–Kier alpha value is -6.71. The molecule has 0 saturated carbocycles. The molecule has 0 unspecified atom stereocenters. The van der Waals surface area contributed by atoms with Crippen LogP contribution in [-0.4, -0.2) is 4.98 Å². The van der Waals surface area contributed by atoms with Crippen LogP contribution < -0.4 is 4.90 Å². The van der Waals surface area contributed by atoms with Gasteiger partial charge in [0.15, 0.2) is 0 Å². The van der Waals surface area contributed by atoms with Crippen molar-refractivity contribution in [1.29, 1.82) is 0 Å². The molecule has 0 N–H and O–H groups in total. The molecular formula is C47H30N2O. The first-order valence-electron chi connectivity index (χ1n) is 16.9. The summed E-state index contributed by atoms with van der Waals surface area (Å²) in [5.74, 6) is 0. The number of hydrogen-bond donors (Lipinski definition) is 0. The van der Waals surface area contributed by atoms with E-state index < -0.39 is 0 Å². The van der Waals surface area contributed by atoms with Crippen LogP contribution in [0.1, 0.15) is 0 Å². The Labute approximate surface area is 289 Å². The van der Waals surface area contributed by atoms with Crippen LogP contribution in [0.15, 0.2) is 187 Å². The van der Waals surface area contributed by atoms with Crippen molar-refractivity contribution in [3.8, 4) is 22.3 Å². The van der Waals surface area contributed by atoms with Crippen LogP contribution in [0.3, 0.4) is 0 Å².